The van der Waals surface area contributed by atoms with Gasteiger partial charge in [-0.25, -0.2) is 0 Å². The highest BCUT2D eigenvalue weighted by atomic mass is 16.3. The second kappa shape index (κ2) is 6.83. The van der Waals surface area contributed by atoms with E-state index in [2.05, 4.69) is 29.4 Å². The van der Waals surface area contributed by atoms with E-state index in [1.165, 1.54) is 0 Å². The number of rotatable bonds is 6. The first kappa shape index (κ1) is 13.4. The second-order valence-corrected chi connectivity index (χ2v) is 4.17. The zero-order valence-electron chi connectivity index (χ0n) is 10.2. The highest BCUT2D eigenvalue weighted by molar-refractivity contribution is 5.82. The van der Waals surface area contributed by atoms with Crippen molar-refractivity contribution in [2.45, 2.75) is 32.4 Å². The molecule has 2 atom stereocenters. The zero-order valence-corrected chi connectivity index (χ0v) is 10.2. The number of likely N-dealkylation sites (N-methyl/N-ethyl adjacent to an activating group) is 1. The molecule has 1 fully saturated rings. The third-order valence-corrected chi connectivity index (χ3v) is 3.05. The molecule has 2 unspecified atom stereocenters. The maximum absolute atomic E-state index is 11.6. The van der Waals surface area contributed by atoms with E-state index in [1.807, 2.05) is 0 Å². The van der Waals surface area contributed by atoms with Gasteiger partial charge in [0, 0.05) is 19.6 Å². The SMILES string of the molecule is CCN(CC)CCNC(=O)C1CC(O)CN1. The van der Waals surface area contributed by atoms with Crippen LogP contribution < -0.4 is 10.6 Å². The van der Waals surface area contributed by atoms with Gasteiger partial charge in [-0.3, -0.25) is 4.79 Å². The minimum absolute atomic E-state index is 0.00343. The third-order valence-electron chi connectivity index (χ3n) is 3.05. The summed E-state index contributed by atoms with van der Waals surface area (Å²) in [5, 5.41) is 15.2. The summed E-state index contributed by atoms with van der Waals surface area (Å²) in [6.07, 6.45) is 0.149. The normalized spacial score (nSPS) is 25.0. The van der Waals surface area contributed by atoms with Crippen molar-refractivity contribution in [3.63, 3.8) is 0 Å². The van der Waals surface area contributed by atoms with E-state index in [-0.39, 0.29) is 18.1 Å². The predicted molar refractivity (Wildman–Crippen MR) is 63.2 cm³/mol. The lowest BCUT2D eigenvalue weighted by Crippen LogP contribution is -2.43. The molecule has 0 aromatic heterocycles. The molecule has 0 aromatic carbocycles. The molecule has 0 bridgehead atoms. The maximum atomic E-state index is 11.6. The van der Waals surface area contributed by atoms with E-state index in [0.717, 1.165) is 19.6 Å². The summed E-state index contributed by atoms with van der Waals surface area (Å²) in [5.41, 5.74) is 0. The highest BCUT2D eigenvalue weighted by Gasteiger charge is 2.27. The van der Waals surface area contributed by atoms with E-state index in [9.17, 15) is 9.90 Å². The Morgan fingerprint density at radius 1 is 1.50 bits per heavy atom. The van der Waals surface area contributed by atoms with Gasteiger partial charge in [0.25, 0.3) is 0 Å². The van der Waals surface area contributed by atoms with E-state index < -0.39 is 0 Å². The molecular weight excluding hydrogens is 206 g/mol. The number of β-amino-alcohol motifs (C(OH)–C–C–N with tert-alkyl or cyclic N) is 1. The van der Waals surface area contributed by atoms with Crippen LogP contribution in [0.4, 0.5) is 0 Å². The Balaban J connectivity index is 2.15. The van der Waals surface area contributed by atoms with Crippen molar-refractivity contribution in [1.82, 2.24) is 15.5 Å². The van der Waals surface area contributed by atoms with Crippen LogP contribution in [0.15, 0.2) is 0 Å². The molecule has 0 radical (unpaired) electrons. The summed E-state index contributed by atoms with van der Waals surface area (Å²) < 4.78 is 0. The fraction of sp³-hybridized carbons (Fsp3) is 0.909. The first-order valence-electron chi connectivity index (χ1n) is 6.08. The Bertz CT molecular complexity index is 219. The molecule has 1 saturated heterocycles. The minimum atomic E-state index is -0.376. The van der Waals surface area contributed by atoms with Crippen LogP contribution in [0.5, 0.6) is 0 Å². The van der Waals surface area contributed by atoms with Crippen LogP contribution in [0.3, 0.4) is 0 Å². The van der Waals surface area contributed by atoms with Gasteiger partial charge >= 0.3 is 0 Å². The Kier molecular flexibility index (Phi) is 5.73. The van der Waals surface area contributed by atoms with Crippen molar-refractivity contribution in [2.24, 2.45) is 0 Å². The summed E-state index contributed by atoms with van der Waals surface area (Å²) in [7, 11) is 0. The number of aliphatic hydroxyl groups excluding tert-OH is 1. The average Bonchev–Trinajstić information content (AvgIpc) is 2.71. The Labute approximate surface area is 97.2 Å². The quantitative estimate of drug-likeness (QED) is 0.556. The summed E-state index contributed by atoms with van der Waals surface area (Å²) in [4.78, 5) is 13.9. The topological polar surface area (TPSA) is 64.6 Å². The van der Waals surface area contributed by atoms with Crippen molar-refractivity contribution >= 4 is 5.91 Å². The monoisotopic (exact) mass is 229 g/mol. The number of amides is 1. The fourth-order valence-electron chi connectivity index (χ4n) is 1.92. The molecule has 5 heteroatoms. The molecule has 1 heterocycles. The number of aliphatic hydroxyl groups is 1. The van der Waals surface area contributed by atoms with E-state index in [4.69, 9.17) is 0 Å². The van der Waals surface area contributed by atoms with Gasteiger partial charge in [-0.1, -0.05) is 13.8 Å². The number of carbonyl (C=O) groups excluding carboxylic acids is 1. The Hall–Kier alpha value is -0.650. The smallest absolute Gasteiger partial charge is 0.237 e. The summed E-state index contributed by atoms with van der Waals surface area (Å²) >= 11 is 0. The van der Waals surface area contributed by atoms with Gasteiger partial charge in [-0.15, -0.1) is 0 Å². The molecule has 1 amide bonds. The van der Waals surface area contributed by atoms with Gasteiger partial charge in [0.05, 0.1) is 12.1 Å². The zero-order chi connectivity index (χ0) is 12.0. The maximum Gasteiger partial charge on any atom is 0.237 e. The van der Waals surface area contributed by atoms with Crippen LogP contribution in [0.1, 0.15) is 20.3 Å². The lowest BCUT2D eigenvalue weighted by atomic mass is 10.2. The molecule has 0 aliphatic carbocycles. The minimum Gasteiger partial charge on any atom is -0.392 e. The molecule has 0 aromatic rings. The van der Waals surface area contributed by atoms with Gasteiger partial charge in [0.15, 0.2) is 0 Å². The van der Waals surface area contributed by atoms with E-state index in [0.29, 0.717) is 19.5 Å². The lowest BCUT2D eigenvalue weighted by Gasteiger charge is -2.18. The molecule has 16 heavy (non-hydrogen) atoms. The molecule has 0 saturated carbocycles. The summed E-state index contributed by atoms with van der Waals surface area (Å²) in [5.74, 6) is 0.00343. The molecule has 5 nitrogen and oxygen atoms in total. The van der Waals surface area contributed by atoms with Crippen LogP contribution in [-0.2, 0) is 4.79 Å². The van der Waals surface area contributed by atoms with Gasteiger partial charge in [0.2, 0.25) is 5.91 Å². The molecule has 0 spiro atoms. The van der Waals surface area contributed by atoms with Crippen molar-refractivity contribution in [3.05, 3.63) is 0 Å². The van der Waals surface area contributed by atoms with Gasteiger partial charge in [0.1, 0.15) is 0 Å². The van der Waals surface area contributed by atoms with Gasteiger partial charge < -0.3 is 20.6 Å². The average molecular weight is 229 g/mol. The summed E-state index contributed by atoms with van der Waals surface area (Å²) in [6, 6.07) is -0.216. The number of nitrogens with zero attached hydrogens (tertiary/aromatic N) is 1. The third kappa shape index (κ3) is 4.08. The van der Waals surface area contributed by atoms with E-state index in [1.54, 1.807) is 0 Å². The van der Waals surface area contributed by atoms with E-state index >= 15 is 0 Å². The number of nitrogens with one attached hydrogen (secondary N) is 2. The van der Waals surface area contributed by atoms with Crippen molar-refractivity contribution in [1.29, 1.82) is 0 Å². The fourth-order valence-corrected chi connectivity index (χ4v) is 1.92. The number of hydrogen-bond donors (Lipinski definition) is 3. The molecule has 3 N–H and O–H groups in total. The first-order valence-corrected chi connectivity index (χ1v) is 6.08. The number of carbonyl (C=O) groups is 1. The van der Waals surface area contributed by atoms with Crippen molar-refractivity contribution in [3.8, 4) is 0 Å². The van der Waals surface area contributed by atoms with Crippen molar-refractivity contribution in [2.75, 3.05) is 32.7 Å². The second-order valence-electron chi connectivity index (χ2n) is 4.17. The molecule has 94 valence electrons. The molecule has 1 aliphatic heterocycles. The van der Waals surface area contributed by atoms with Gasteiger partial charge in [-0.2, -0.15) is 0 Å². The lowest BCUT2D eigenvalue weighted by molar-refractivity contribution is -0.123. The standard InChI is InChI=1S/C11H23N3O2/c1-3-14(4-2)6-5-12-11(16)10-7-9(15)8-13-10/h9-10,13,15H,3-8H2,1-2H3,(H,12,16). The molecular formula is C11H23N3O2. The van der Waals surface area contributed by atoms with Crippen LogP contribution >= 0.6 is 0 Å². The van der Waals surface area contributed by atoms with Crippen molar-refractivity contribution < 1.29 is 9.90 Å². The van der Waals surface area contributed by atoms with Crippen LogP contribution in [0, 0.1) is 0 Å². The number of hydrogen-bond acceptors (Lipinski definition) is 4. The summed E-state index contributed by atoms with van der Waals surface area (Å²) in [6.45, 7) is 8.32. The molecule has 1 rings (SSSR count). The highest BCUT2D eigenvalue weighted by Crippen LogP contribution is 2.05. The Morgan fingerprint density at radius 3 is 2.69 bits per heavy atom. The van der Waals surface area contributed by atoms with Gasteiger partial charge in [-0.05, 0) is 19.5 Å². The van der Waals surface area contributed by atoms with Crippen LogP contribution in [0.25, 0.3) is 0 Å². The Morgan fingerprint density at radius 2 is 2.19 bits per heavy atom. The largest absolute Gasteiger partial charge is 0.392 e. The first-order chi connectivity index (χ1) is 7.67. The van der Waals surface area contributed by atoms with Crippen LogP contribution in [-0.4, -0.2) is 60.8 Å². The van der Waals surface area contributed by atoms with Crippen LogP contribution in [0.2, 0.25) is 0 Å². The predicted octanol–water partition coefficient (Wildman–Crippen LogP) is -0.833. The molecule has 1 aliphatic rings.